The number of benzene rings is 4. The molecule has 0 unspecified atom stereocenters. The second kappa shape index (κ2) is 15.6. The average Bonchev–Trinajstić information content (AvgIpc) is 3.07. The molecule has 1 saturated carbocycles. The van der Waals surface area contributed by atoms with Gasteiger partial charge in [-0.25, -0.2) is 12.8 Å². The molecule has 246 valence electrons. The molecule has 4 aromatic carbocycles. The molecule has 0 saturated heterocycles. The van der Waals surface area contributed by atoms with Gasteiger partial charge >= 0.3 is 0 Å². The van der Waals surface area contributed by atoms with Crippen LogP contribution >= 0.6 is 11.6 Å². The van der Waals surface area contributed by atoms with Crippen LogP contribution in [0.4, 0.5) is 10.1 Å². The van der Waals surface area contributed by atoms with Crippen molar-refractivity contribution in [1.82, 2.24) is 10.2 Å². The molecule has 5 rings (SSSR count). The van der Waals surface area contributed by atoms with Crippen LogP contribution in [0.25, 0.3) is 0 Å². The van der Waals surface area contributed by atoms with Gasteiger partial charge in [-0.2, -0.15) is 0 Å². The fourth-order valence-electron chi connectivity index (χ4n) is 5.91. The maximum Gasteiger partial charge on any atom is 0.264 e. The van der Waals surface area contributed by atoms with Crippen molar-refractivity contribution in [2.24, 2.45) is 0 Å². The van der Waals surface area contributed by atoms with Gasteiger partial charge < -0.3 is 10.2 Å². The second-order valence-electron chi connectivity index (χ2n) is 11.9. The summed E-state index contributed by atoms with van der Waals surface area (Å²) >= 11 is 6.54. The summed E-state index contributed by atoms with van der Waals surface area (Å²) in [7, 11) is -4.30. The van der Waals surface area contributed by atoms with Crippen molar-refractivity contribution in [3.8, 4) is 0 Å². The van der Waals surface area contributed by atoms with Gasteiger partial charge in [-0.15, -0.1) is 0 Å². The molecule has 4 aromatic rings. The minimum Gasteiger partial charge on any atom is -0.352 e. The average molecular weight is 676 g/mol. The predicted octanol–water partition coefficient (Wildman–Crippen LogP) is 7.07. The monoisotopic (exact) mass is 675 g/mol. The number of hydrogen-bond acceptors (Lipinski definition) is 4. The van der Waals surface area contributed by atoms with Crippen LogP contribution in [0.3, 0.4) is 0 Å². The molecule has 1 atom stereocenters. The van der Waals surface area contributed by atoms with Gasteiger partial charge in [-0.1, -0.05) is 109 Å². The molecular weight excluding hydrogens is 637 g/mol. The minimum atomic E-state index is -4.30. The highest BCUT2D eigenvalue weighted by Crippen LogP contribution is 2.31. The summed E-state index contributed by atoms with van der Waals surface area (Å²) < 4.78 is 44.5. The molecule has 0 radical (unpaired) electrons. The van der Waals surface area contributed by atoms with Crippen molar-refractivity contribution in [3.05, 3.63) is 131 Å². The van der Waals surface area contributed by atoms with Gasteiger partial charge in [-0.05, 0) is 55.7 Å². The number of nitrogens with one attached hydrogen (secondary N) is 1. The minimum absolute atomic E-state index is 0.0210. The van der Waals surface area contributed by atoms with Gasteiger partial charge in [0.2, 0.25) is 11.8 Å². The van der Waals surface area contributed by atoms with E-state index in [1.807, 2.05) is 37.3 Å². The molecule has 1 fully saturated rings. The molecular formula is C37H39ClFN3O4S. The lowest BCUT2D eigenvalue weighted by Crippen LogP contribution is -2.55. The van der Waals surface area contributed by atoms with Crippen LogP contribution in [0.15, 0.2) is 108 Å². The van der Waals surface area contributed by atoms with Crippen molar-refractivity contribution < 1.29 is 22.4 Å². The Morgan fingerprint density at radius 1 is 0.872 bits per heavy atom. The lowest BCUT2D eigenvalue weighted by Gasteiger charge is -2.35. The largest absolute Gasteiger partial charge is 0.352 e. The zero-order valence-electron chi connectivity index (χ0n) is 26.3. The van der Waals surface area contributed by atoms with Crippen LogP contribution < -0.4 is 9.62 Å². The molecule has 0 aliphatic heterocycles. The first-order chi connectivity index (χ1) is 22.6. The topological polar surface area (TPSA) is 86.8 Å². The van der Waals surface area contributed by atoms with Crippen molar-refractivity contribution in [2.45, 2.75) is 69.0 Å². The summed E-state index contributed by atoms with van der Waals surface area (Å²) in [5.41, 5.74) is 1.99. The van der Waals surface area contributed by atoms with E-state index in [0.29, 0.717) is 0 Å². The van der Waals surface area contributed by atoms with Crippen molar-refractivity contribution in [2.75, 3.05) is 10.8 Å². The first-order valence-corrected chi connectivity index (χ1v) is 17.7. The van der Waals surface area contributed by atoms with Crippen LogP contribution in [0, 0.1) is 12.7 Å². The number of hydrogen-bond donors (Lipinski definition) is 1. The van der Waals surface area contributed by atoms with E-state index in [2.05, 4.69) is 5.32 Å². The highest BCUT2D eigenvalue weighted by atomic mass is 35.5. The van der Waals surface area contributed by atoms with Crippen LogP contribution in [0.1, 0.15) is 48.8 Å². The quantitative estimate of drug-likeness (QED) is 0.174. The van der Waals surface area contributed by atoms with E-state index in [9.17, 15) is 18.0 Å². The Labute approximate surface area is 281 Å². The second-order valence-corrected chi connectivity index (χ2v) is 14.2. The van der Waals surface area contributed by atoms with Gasteiger partial charge in [0, 0.05) is 24.6 Å². The van der Waals surface area contributed by atoms with E-state index in [-0.39, 0.29) is 46.1 Å². The summed E-state index contributed by atoms with van der Waals surface area (Å²) in [4.78, 5) is 30.0. The summed E-state index contributed by atoms with van der Waals surface area (Å²) in [6, 6.07) is 26.9. The van der Waals surface area contributed by atoms with Crippen LogP contribution in [-0.2, 0) is 32.6 Å². The SMILES string of the molecule is Cc1ccc(S(=O)(=O)N(CC(=O)N(Cc2ccccc2F)[C@@H](Cc2ccccc2)C(=O)NC2CCCCC2)c2ccccc2Cl)cc1. The fourth-order valence-corrected chi connectivity index (χ4v) is 7.63. The Bertz CT molecular complexity index is 1780. The third-order valence-electron chi connectivity index (χ3n) is 8.53. The Balaban J connectivity index is 1.58. The van der Waals surface area contributed by atoms with E-state index >= 15 is 4.39 Å². The summed E-state index contributed by atoms with van der Waals surface area (Å²) in [6.45, 7) is 0.927. The zero-order valence-corrected chi connectivity index (χ0v) is 27.9. The third-order valence-corrected chi connectivity index (χ3v) is 10.6. The summed E-state index contributed by atoms with van der Waals surface area (Å²) in [6.07, 6.45) is 4.91. The molecule has 0 spiro atoms. The number of sulfonamides is 1. The van der Waals surface area contributed by atoms with E-state index in [0.717, 1.165) is 47.5 Å². The molecule has 47 heavy (non-hydrogen) atoms. The molecule has 7 nitrogen and oxygen atoms in total. The molecule has 1 aliphatic carbocycles. The van der Waals surface area contributed by atoms with Crippen LogP contribution in [0.5, 0.6) is 0 Å². The van der Waals surface area contributed by atoms with E-state index in [4.69, 9.17) is 11.6 Å². The molecule has 2 amide bonds. The molecule has 1 aliphatic rings. The number of anilines is 1. The van der Waals surface area contributed by atoms with Gasteiger partial charge in [0.15, 0.2) is 0 Å². The molecule has 0 aromatic heterocycles. The fraction of sp³-hybridized carbons (Fsp3) is 0.297. The Morgan fingerprint density at radius 2 is 1.51 bits per heavy atom. The smallest absolute Gasteiger partial charge is 0.264 e. The standard InChI is InChI=1S/C37H39ClFN3O4S/c1-27-20-22-31(23-21-27)47(45,46)42(34-19-11-9-17-32(34)38)26-36(43)41(25-29-14-8-10-18-33(29)39)35(24-28-12-4-2-5-13-28)37(44)40-30-15-6-3-7-16-30/h2,4-5,8-14,17-23,30,35H,3,6-7,15-16,24-26H2,1H3,(H,40,44)/t35-/m0/s1. The zero-order chi connectivity index (χ0) is 33.4. The molecule has 1 N–H and O–H groups in total. The molecule has 0 bridgehead atoms. The van der Waals surface area contributed by atoms with Crippen molar-refractivity contribution in [3.63, 3.8) is 0 Å². The van der Waals surface area contributed by atoms with Gasteiger partial charge in [0.25, 0.3) is 10.0 Å². The number of amides is 2. The molecule has 10 heteroatoms. The number of carbonyl (C=O) groups excluding carboxylic acids is 2. The lowest BCUT2D eigenvalue weighted by atomic mass is 9.94. The van der Waals surface area contributed by atoms with E-state index < -0.39 is 34.3 Å². The van der Waals surface area contributed by atoms with Crippen LogP contribution in [-0.4, -0.2) is 43.8 Å². The van der Waals surface area contributed by atoms with Crippen molar-refractivity contribution in [1.29, 1.82) is 0 Å². The lowest BCUT2D eigenvalue weighted by molar-refractivity contribution is -0.140. The maximum atomic E-state index is 15.1. The number of nitrogens with zero attached hydrogens (tertiary/aromatic N) is 2. The van der Waals surface area contributed by atoms with Crippen molar-refractivity contribution >= 4 is 39.1 Å². The van der Waals surface area contributed by atoms with Crippen LogP contribution in [0.2, 0.25) is 5.02 Å². The molecule has 0 heterocycles. The Hall–Kier alpha value is -4.21. The normalized spacial score (nSPS) is 14.3. The summed E-state index contributed by atoms with van der Waals surface area (Å²) in [5.74, 6) is -1.58. The van der Waals surface area contributed by atoms with Gasteiger partial charge in [-0.3, -0.25) is 13.9 Å². The van der Waals surface area contributed by atoms with Gasteiger partial charge in [0.1, 0.15) is 18.4 Å². The number of para-hydroxylation sites is 1. The highest BCUT2D eigenvalue weighted by Gasteiger charge is 2.36. The number of halogens is 2. The predicted molar refractivity (Wildman–Crippen MR) is 183 cm³/mol. The van der Waals surface area contributed by atoms with E-state index in [1.165, 1.54) is 29.2 Å². The number of carbonyl (C=O) groups is 2. The third kappa shape index (κ3) is 8.58. The Kier molecular flexibility index (Phi) is 11.3. The van der Waals surface area contributed by atoms with Gasteiger partial charge in [0.05, 0.1) is 15.6 Å². The summed E-state index contributed by atoms with van der Waals surface area (Å²) in [5, 5.41) is 3.28. The number of rotatable bonds is 12. The van der Waals surface area contributed by atoms with E-state index in [1.54, 1.807) is 48.5 Å². The Morgan fingerprint density at radius 3 is 2.19 bits per heavy atom. The highest BCUT2D eigenvalue weighted by molar-refractivity contribution is 7.92. The first-order valence-electron chi connectivity index (χ1n) is 15.8. The number of aryl methyl sites for hydroxylation is 1. The maximum absolute atomic E-state index is 15.1. The first kappa shape index (κ1) is 34.1.